The fraction of sp³-hybridized carbons (Fsp3) is 0.350. The molecule has 2 N–H and O–H groups in total. The lowest BCUT2D eigenvalue weighted by atomic mass is 10.1. The van der Waals surface area contributed by atoms with Crippen LogP contribution in [0.3, 0.4) is 0 Å². The number of hydrogen-bond donors (Lipinski definition) is 2. The van der Waals surface area contributed by atoms with Gasteiger partial charge in [-0.15, -0.1) is 0 Å². The molecule has 3 aromatic rings. The molecule has 0 radical (unpaired) electrons. The van der Waals surface area contributed by atoms with Crippen molar-refractivity contribution in [2.24, 2.45) is 5.92 Å². The molecule has 4 heterocycles. The van der Waals surface area contributed by atoms with Crippen LogP contribution in [0.1, 0.15) is 48.7 Å². The third-order valence-electron chi connectivity index (χ3n) is 5.08. The average Bonchev–Trinajstić information content (AvgIpc) is 3.38. The maximum absolute atomic E-state index is 13.7. The molecule has 2 amide bonds. The lowest BCUT2D eigenvalue weighted by molar-refractivity contribution is -0.124. The average molecular weight is 411 g/mol. The van der Waals surface area contributed by atoms with Gasteiger partial charge in [0.1, 0.15) is 17.2 Å². The molecule has 3 aromatic heterocycles. The zero-order valence-corrected chi connectivity index (χ0v) is 16.7. The molecule has 156 valence electrons. The van der Waals surface area contributed by atoms with Gasteiger partial charge >= 0.3 is 0 Å². The molecule has 9 nitrogen and oxygen atoms in total. The minimum atomic E-state index is -0.504. The number of pyridine rings is 1. The highest BCUT2D eigenvalue weighted by Gasteiger charge is 2.28. The monoisotopic (exact) mass is 411 g/mol. The standard InChI is InChI=1S/C20H22FN7O2/c1-12(2)19(29)25-26-20(30)15-11-23-28-7-5-17(24-18(15)28)27-6-3-4-16(27)13-8-14(21)10-22-9-13/h5,7-12,16H,3-4,6H2,1-2H3,(H,25,29)(H,26,30)/t16-/m1/s1. The van der Waals surface area contributed by atoms with Crippen molar-refractivity contribution in [3.63, 3.8) is 0 Å². The van der Waals surface area contributed by atoms with E-state index >= 15 is 0 Å². The van der Waals surface area contributed by atoms with E-state index in [1.165, 1.54) is 23.0 Å². The van der Waals surface area contributed by atoms with Gasteiger partial charge < -0.3 is 4.90 Å². The Bertz CT molecular complexity index is 1100. The van der Waals surface area contributed by atoms with Crippen LogP contribution in [0.15, 0.2) is 36.9 Å². The molecular formula is C20H22FN7O2. The molecule has 0 spiro atoms. The van der Waals surface area contributed by atoms with Crippen molar-refractivity contribution < 1.29 is 14.0 Å². The lowest BCUT2D eigenvalue weighted by Gasteiger charge is -2.26. The number of nitrogens with one attached hydrogen (secondary N) is 2. The lowest BCUT2D eigenvalue weighted by Crippen LogP contribution is -2.43. The molecule has 4 rings (SSSR count). The summed E-state index contributed by atoms with van der Waals surface area (Å²) in [7, 11) is 0. The normalized spacial score (nSPS) is 16.3. The largest absolute Gasteiger partial charge is 0.349 e. The van der Waals surface area contributed by atoms with Gasteiger partial charge in [0.05, 0.1) is 18.4 Å². The number of nitrogens with zero attached hydrogens (tertiary/aromatic N) is 5. The molecule has 0 saturated carbocycles. The topological polar surface area (TPSA) is 105 Å². The second-order valence-electron chi connectivity index (χ2n) is 7.50. The van der Waals surface area contributed by atoms with Crippen LogP contribution < -0.4 is 15.8 Å². The van der Waals surface area contributed by atoms with E-state index in [2.05, 4.69) is 30.8 Å². The summed E-state index contributed by atoms with van der Waals surface area (Å²) in [5, 5.41) is 4.16. The summed E-state index contributed by atoms with van der Waals surface area (Å²) in [6.07, 6.45) is 7.76. The number of fused-ring (bicyclic) bond motifs is 1. The van der Waals surface area contributed by atoms with Crippen molar-refractivity contribution in [1.29, 1.82) is 0 Å². The van der Waals surface area contributed by atoms with E-state index in [1.807, 2.05) is 6.07 Å². The first-order valence-electron chi connectivity index (χ1n) is 9.75. The van der Waals surface area contributed by atoms with Gasteiger partial charge in [-0.1, -0.05) is 13.8 Å². The quantitative estimate of drug-likeness (QED) is 0.637. The Labute approximate surface area is 172 Å². The van der Waals surface area contributed by atoms with Crippen molar-refractivity contribution in [3.8, 4) is 0 Å². The van der Waals surface area contributed by atoms with E-state index in [0.717, 1.165) is 24.9 Å². The highest BCUT2D eigenvalue weighted by molar-refractivity contribution is 6.00. The smallest absolute Gasteiger partial charge is 0.275 e. The summed E-state index contributed by atoms with van der Waals surface area (Å²) in [5.41, 5.74) is 6.17. The molecule has 0 bridgehead atoms. The molecule has 0 aromatic carbocycles. The zero-order valence-electron chi connectivity index (χ0n) is 16.7. The summed E-state index contributed by atoms with van der Waals surface area (Å²) in [5.74, 6) is -0.771. The molecule has 10 heteroatoms. The Hall–Kier alpha value is -3.56. The molecule has 1 atom stereocenters. The molecule has 0 unspecified atom stereocenters. The number of rotatable bonds is 4. The SMILES string of the molecule is CC(C)C(=O)NNC(=O)c1cnn2ccc(N3CCC[C@@H]3c3cncc(F)c3)nc12. The van der Waals surface area contributed by atoms with Gasteiger partial charge in [0.25, 0.3) is 5.91 Å². The summed E-state index contributed by atoms with van der Waals surface area (Å²) in [4.78, 5) is 34.9. The first-order chi connectivity index (χ1) is 14.4. The third-order valence-corrected chi connectivity index (χ3v) is 5.08. The Morgan fingerprint density at radius 3 is 2.83 bits per heavy atom. The minimum Gasteiger partial charge on any atom is -0.349 e. The van der Waals surface area contributed by atoms with Crippen molar-refractivity contribution in [1.82, 2.24) is 30.4 Å². The van der Waals surface area contributed by atoms with Crippen molar-refractivity contribution >= 4 is 23.3 Å². The van der Waals surface area contributed by atoms with Gasteiger partial charge in [-0.2, -0.15) is 5.10 Å². The Balaban J connectivity index is 1.61. The number of halogens is 1. The summed E-state index contributed by atoms with van der Waals surface area (Å²) >= 11 is 0. The van der Waals surface area contributed by atoms with Crippen LogP contribution in [0.4, 0.5) is 10.2 Å². The number of amides is 2. The zero-order chi connectivity index (χ0) is 21.3. The first kappa shape index (κ1) is 19.7. The molecule has 30 heavy (non-hydrogen) atoms. The molecule has 1 fully saturated rings. The van der Waals surface area contributed by atoms with Crippen molar-refractivity contribution in [2.45, 2.75) is 32.7 Å². The molecule has 1 aliphatic rings. The van der Waals surface area contributed by atoms with Crippen LogP contribution in [0.25, 0.3) is 5.65 Å². The van der Waals surface area contributed by atoms with Crippen LogP contribution in [0, 0.1) is 11.7 Å². The predicted molar refractivity (Wildman–Crippen MR) is 107 cm³/mol. The van der Waals surface area contributed by atoms with Gasteiger partial charge in [0.15, 0.2) is 5.65 Å². The third kappa shape index (κ3) is 3.80. The number of carbonyl (C=O) groups excluding carboxylic acids is 2. The van der Waals surface area contributed by atoms with Crippen LogP contribution in [0.5, 0.6) is 0 Å². The second-order valence-corrected chi connectivity index (χ2v) is 7.50. The molecular weight excluding hydrogens is 389 g/mol. The Morgan fingerprint density at radius 1 is 1.23 bits per heavy atom. The van der Waals surface area contributed by atoms with Crippen LogP contribution in [-0.4, -0.2) is 37.9 Å². The van der Waals surface area contributed by atoms with Gasteiger partial charge in [0, 0.05) is 24.9 Å². The molecule has 0 aliphatic carbocycles. The van der Waals surface area contributed by atoms with Crippen LogP contribution >= 0.6 is 0 Å². The Kier molecular flexibility index (Phi) is 5.30. The molecule has 1 saturated heterocycles. The highest BCUT2D eigenvalue weighted by atomic mass is 19.1. The Morgan fingerprint density at radius 2 is 2.07 bits per heavy atom. The number of aromatic nitrogens is 4. The number of hydrazine groups is 1. The van der Waals surface area contributed by atoms with Crippen molar-refractivity contribution in [3.05, 3.63) is 53.9 Å². The van der Waals surface area contributed by atoms with Crippen LogP contribution in [0.2, 0.25) is 0 Å². The summed E-state index contributed by atoms with van der Waals surface area (Å²) < 4.78 is 15.2. The van der Waals surface area contributed by atoms with Crippen molar-refractivity contribution in [2.75, 3.05) is 11.4 Å². The van der Waals surface area contributed by atoms with E-state index in [-0.39, 0.29) is 29.2 Å². The number of hydrogen-bond acceptors (Lipinski definition) is 6. The maximum Gasteiger partial charge on any atom is 0.275 e. The first-order valence-corrected chi connectivity index (χ1v) is 9.75. The van der Waals surface area contributed by atoms with Gasteiger partial charge in [-0.3, -0.25) is 25.4 Å². The van der Waals surface area contributed by atoms with Gasteiger partial charge in [-0.25, -0.2) is 13.9 Å². The maximum atomic E-state index is 13.7. The second kappa shape index (κ2) is 8.05. The van der Waals surface area contributed by atoms with Gasteiger partial charge in [-0.05, 0) is 30.5 Å². The predicted octanol–water partition coefficient (Wildman–Crippen LogP) is 2.02. The van der Waals surface area contributed by atoms with Gasteiger partial charge in [0.2, 0.25) is 5.91 Å². The van der Waals surface area contributed by atoms with E-state index in [1.54, 1.807) is 26.2 Å². The fourth-order valence-electron chi connectivity index (χ4n) is 3.51. The minimum absolute atomic E-state index is 0.0475. The summed E-state index contributed by atoms with van der Waals surface area (Å²) in [6, 6.07) is 3.25. The highest BCUT2D eigenvalue weighted by Crippen LogP contribution is 2.35. The van der Waals surface area contributed by atoms with E-state index in [9.17, 15) is 14.0 Å². The van der Waals surface area contributed by atoms with Crippen LogP contribution in [-0.2, 0) is 4.79 Å². The van der Waals surface area contributed by atoms with E-state index in [0.29, 0.717) is 11.5 Å². The van der Waals surface area contributed by atoms with E-state index in [4.69, 9.17) is 0 Å². The number of carbonyl (C=O) groups is 2. The number of anilines is 1. The molecule has 1 aliphatic heterocycles. The summed E-state index contributed by atoms with van der Waals surface area (Å²) in [6.45, 7) is 4.21. The fourth-order valence-corrected chi connectivity index (χ4v) is 3.51. The van der Waals surface area contributed by atoms with E-state index < -0.39 is 5.91 Å².